The number of hydrazone groups is 1. The Kier molecular flexibility index (Phi) is 7.59. The molecule has 6 rings (SSSR count). The minimum absolute atomic E-state index is 0.245. The summed E-state index contributed by atoms with van der Waals surface area (Å²) in [5, 5.41) is 8.74. The van der Waals surface area contributed by atoms with E-state index in [4.69, 9.17) is 9.47 Å². The van der Waals surface area contributed by atoms with Gasteiger partial charge < -0.3 is 14.8 Å². The predicted octanol–water partition coefficient (Wildman–Crippen LogP) is 8.59. The Morgan fingerprint density at radius 1 is 0.667 bits per heavy atom. The van der Waals surface area contributed by atoms with Gasteiger partial charge in [-0.2, -0.15) is 5.10 Å². The summed E-state index contributed by atoms with van der Waals surface area (Å²) < 4.78 is 38.9. The highest BCUT2D eigenvalue weighted by atomic mass is 19.1. The van der Waals surface area contributed by atoms with Crippen LogP contribution in [0.5, 0.6) is 23.0 Å². The normalized spacial score (nSPS) is 14.3. The van der Waals surface area contributed by atoms with Crippen molar-refractivity contribution in [1.29, 1.82) is 0 Å². The van der Waals surface area contributed by atoms with Crippen LogP contribution in [0.25, 0.3) is 0 Å². The first-order valence-corrected chi connectivity index (χ1v) is 13.3. The number of hydrogen-bond donors (Lipinski definition) is 1. The number of hydrogen-bond acceptors (Lipinski definition) is 4. The molecule has 1 aliphatic rings. The van der Waals surface area contributed by atoms with Crippen LogP contribution >= 0.6 is 0 Å². The van der Waals surface area contributed by atoms with E-state index >= 15 is 0 Å². The number of rotatable bonds is 7. The van der Waals surface area contributed by atoms with Crippen molar-refractivity contribution in [1.82, 2.24) is 5.01 Å². The van der Waals surface area contributed by atoms with Crippen molar-refractivity contribution in [2.24, 2.45) is 5.10 Å². The average molecular weight is 562 g/mol. The minimum atomic E-state index is -0.429. The molecule has 0 fully saturated rings. The number of nitrogens with one attached hydrogen (secondary N) is 1. The van der Waals surface area contributed by atoms with Crippen molar-refractivity contribution in [3.05, 3.63) is 150 Å². The summed E-state index contributed by atoms with van der Waals surface area (Å²) >= 11 is 0. The van der Waals surface area contributed by atoms with E-state index in [0.29, 0.717) is 34.2 Å². The predicted molar refractivity (Wildman–Crippen MR) is 157 cm³/mol. The molecule has 6 nitrogen and oxygen atoms in total. The summed E-state index contributed by atoms with van der Waals surface area (Å²) in [6.45, 7) is 0.245. The number of amides is 2. The number of nitrogens with zero attached hydrogens (tertiary/aromatic N) is 2. The van der Waals surface area contributed by atoms with Gasteiger partial charge in [-0.3, -0.25) is 0 Å². The lowest BCUT2D eigenvalue weighted by molar-refractivity contribution is 0.218. The number of ether oxygens (including phenoxy) is 2. The second-order valence-corrected chi connectivity index (χ2v) is 9.62. The van der Waals surface area contributed by atoms with Gasteiger partial charge in [0.2, 0.25) is 0 Å². The number of carbonyl (C=O) groups is 1. The van der Waals surface area contributed by atoms with Crippen LogP contribution in [0.2, 0.25) is 0 Å². The molecule has 5 aromatic carbocycles. The van der Waals surface area contributed by atoms with Gasteiger partial charge in [-0.05, 0) is 96.1 Å². The molecule has 0 bridgehead atoms. The monoisotopic (exact) mass is 561 g/mol. The van der Waals surface area contributed by atoms with Crippen LogP contribution in [-0.4, -0.2) is 23.3 Å². The van der Waals surface area contributed by atoms with Gasteiger partial charge in [-0.25, -0.2) is 18.6 Å². The molecule has 0 radical (unpaired) electrons. The molecule has 0 saturated carbocycles. The van der Waals surface area contributed by atoms with Gasteiger partial charge in [0.1, 0.15) is 34.6 Å². The molecule has 8 heteroatoms. The van der Waals surface area contributed by atoms with Gasteiger partial charge in [-0.15, -0.1) is 0 Å². The standard InChI is InChI=1S/C34H25F2N3O3/c35-25-10-6-23(7-11-25)32-22-39(38-33(32)24-8-12-26(36)13-9-24)34(40)37-27-14-16-29(17-15-27)42-31-20-18-30(19-21-31)41-28-4-2-1-3-5-28/h1-21,32H,22H2,(H,37,40). The van der Waals surface area contributed by atoms with E-state index in [2.05, 4.69) is 10.4 Å². The summed E-state index contributed by atoms with van der Waals surface area (Å²) in [6, 6.07) is 35.4. The van der Waals surface area contributed by atoms with E-state index in [1.807, 2.05) is 54.6 Å². The van der Waals surface area contributed by atoms with Crippen molar-refractivity contribution in [2.75, 3.05) is 11.9 Å². The molecule has 1 aliphatic heterocycles. The first-order valence-electron chi connectivity index (χ1n) is 13.3. The Morgan fingerprint density at radius 3 is 1.74 bits per heavy atom. The maximum absolute atomic E-state index is 13.6. The highest BCUT2D eigenvalue weighted by molar-refractivity contribution is 6.07. The van der Waals surface area contributed by atoms with Gasteiger partial charge >= 0.3 is 6.03 Å². The lowest BCUT2D eigenvalue weighted by atomic mass is 9.90. The second kappa shape index (κ2) is 11.9. The summed E-state index contributed by atoms with van der Waals surface area (Å²) in [5.41, 5.74) is 2.64. The summed E-state index contributed by atoms with van der Waals surface area (Å²) in [7, 11) is 0. The Morgan fingerprint density at radius 2 is 1.17 bits per heavy atom. The molecule has 0 spiro atoms. The Balaban J connectivity index is 1.11. The molecule has 208 valence electrons. The smallest absolute Gasteiger partial charge is 0.342 e. The maximum atomic E-state index is 13.6. The molecule has 5 aromatic rings. The zero-order valence-corrected chi connectivity index (χ0v) is 22.3. The highest BCUT2D eigenvalue weighted by Gasteiger charge is 2.32. The van der Waals surface area contributed by atoms with Crippen molar-refractivity contribution in [3.8, 4) is 23.0 Å². The van der Waals surface area contributed by atoms with E-state index in [-0.39, 0.29) is 24.1 Å². The van der Waals surface area contributed by atoms with Crippen LogP contribution in [0, 0.1) is 11.6 Å². The van der Waals surface area contributed by atoms with Gasteiger partial charge in [0.25, 0.3) is 0 Å². The third kappa shape index (κ3) is 6.28. The Bertz CT molecular complexity index is 1690. The first kappa shape index (κ1) is 26.7. The minimum Gasteiger partial charge on any atom is -0.457 e. The van der Waals surface area contributed by atoms with E-state index in [1.165, 1.54) is 29.3 Å². The highest BCUT2D eigenvalue weighted by Crippen LogP contribution is 2.31. The van der Waals surface area contributed by atoms with Crippen LogP contribution in [0.1, 0.15) is 17.0 Å². The number of halogens is 2. The Hall–Kier alpha value is -5.50. The van der Waals surface area contributed by atoms with Crippen molar-refractivity contribution < 1.29 is 23.0 Å². The van der Waals surface area contributed by atoms with Gasteiger partial charge in [0.15, 0.2) is 0 Å². The topological polar surface area (TPSA) is 63.2 Å². The number of carbonyl (C=O) groups excluding carboxylic acids is 1. The molecular formula is C34H25F2N3O3. The fourth-order valence-corrected chi connectivity index (χ4v) is 4.60. The SMILES string of the molecule is O=C(Nc1ccc(Oc2ccc(Oc3ccccc3)cc2)cc1)N1CC(c2ccc(F)cc2)C(c2ccc(F)cc2)=N1. The van der Waals surface area contributed by atoms with Crippen molar-refractivity contribution in [2.45, 2.75) is 5.92 Å². The fourth-order valence-electron chi connectivity index (χ4n) is 4.60. The lowest BCUT2D eigenvalue weighted by Gasteiger charge is -2.16. The largest absolute Gasteiger partial charge is 0.457 e. The fraction of sp³-hybridized carbons (Fsp3) is 0.0588. The van der Waals surface area contributed by atoms with E-state index in [1.54, 1.807) is 48.5 Å². The van der Waals surface area contributed by atoms with Crippen molar-refractivity contribution in [3.63, 3.8) is 0 Å². The van der Waals surface area contributed by atoms with E-state index < -0.39 is 6.03 Å². The molecular weight excluding hydrogens is 536 g/mol. The van der Waals surface area contributed by atoms with Crippen LogP contribution in [0.4, 0.5) is 19.3 Å². The molecule has 42 heavy (non-hydrogen) atoms. The first-order chi connectivity index (χ1) is 20.5. The zero-order chi connectivity index (χ0) is 28.9. The molecule has 1 unspecified atom stereocenters. The van der Waals surface area contributed by atoms with Crippen molar-refractivity contribution >= 4 is 17.4 Å². The molecule has 1 N–H and O–H groups in total. The Labute approximate surface area is 241 Å². The van der Waals surface area contributed by atoms with Gasteiger partial charge in [0.05, 0.1) is 12.3 Å². The van der Waals surface area contributed by atoms with Crippen LogP contribution in [-0.2, 0) is 0 Å². The number of anilines is 1. The average Bonchev–Trinajstić information content (AvgIpc) is 3.46. The summed E-state index contributed by atoms with van der Waals surface area (Å²) in [5.74, 6) is 1.65. The molecule has 0 aromatic heterocycles. The van der Waals surface area contributed by atoms with E-state index in [0.717, 1.165) is 11.3 Å². The third-order valence-corrected chi connectivity index (χ3v) is 6.70. The summed E-state index contributed by atoms with van der Waals surface area (Å²) in [4.78, 5) is 13.2. The molecule has 1 heterocycles. The van der Waals surface area contributed by atoms with Crippen LogP contribution < -0.4 is 14.8 Å². The number of urea groups is 1. The number of para-hydroxylation sites is 1. The molecule has 0 saturated heterocycles. The number of benzene rings is 5. The van der Waals surface area contributed by atoms with Gasteiger partial charge in [-0.1, -0.05) is 42.5 Å². The van der Waals surface area contributed by atoms with Crippen LogP contribution in [0.3, 0.4) is 0 Å². The third-order valence-electron chi connectivity index (χ3n) is 6.70. The zero-order valence-electron chi connectivity index (χ0n) is 22.3. The second-order valence-electron chi connectivity index (χ2n) is 9.62. The quantitative estimate of drug-likeness (QED) is 0.216. The summed E-state index contributed by atoms with van der Waals surface area (Å²) in [6.07, 6.45) is 0. The molecule has 0 aliphatic carbocycles. The van der Waals surface area contributed by atoms with E-state index in [9.17, 15) is 13.6 Å². The lowest BCUT2D eigenvalue weighted by Crippen LogP contribution is -2.30. The van der Waals surface area contributed by atoms with Crippen LogP contribution in [0.15, 0.2) is 132 Å². The molecule has 2 amide bonds. The van der Waals surface area contributed by atoms with Gasteiger partial charge in [0, 0.05) is 11.6 Å². The molecule has 1 atom stereocenters. The maximum Gasteiger partial charge on any atom is 0.342 e.